The number of nitro benzene ring substituents is 1. The molecule has 0 aliphatic carbocycles. The third-order valence-corrected chi connectivity index (χ3v) is 6.84. The van der Waals surface area contributed by atoms with E-state index in [-0.39, 0.29) is 41.4 Å². The number of hydrogen-bond donors (Lipinski definition) is 0. The van der Waals surface area contributed by atoms with Gasteiger partial charge in [-0.3, -0.25) is 29.3 Å². The quantitative estimate of drug-likeness (QED) is 0.148. The van der Waals surface area contributed by atoms with Crippen LogP contribution in [-0.2, 0) is 9.59 Å². The molecule has 2 aliphatic rings. The van der Waals surface area contributed by atoms with Gasteiger partial charge in [0.25, 0.3) is 17.5 Å². The summed E-state index contributed by atoms with van der Waals surface area (Å²) < 4.78 is 6.38. The van der Waals surface area contributed by atoms with Gasteiger partial charge in [0.05, 0.1) is 22.1 Å². The third-order valence-electron chi connectivity index (χ3n) is 6.31. The number of nitro groups is 1. The predicted molar refractivity (Wildman–Crippen MR) is 136 cm³/mol. The number of halogens is 1. The van der Waals surface area contributed by atoms with Gasteiger partial charge in [-0.25, -0.2) is 4.90 Å². The van der Waals surface area contributed by atoms with Gasteiger partial charge in [0.2, 0.25) is 5.91 Å². The van der Waals surface area contributed by atoms with E-state index in [1.165, 1.54) is 41.3 Å². The van der Waals surface area contributed by atoms with Crippen LogP contribution in [0, 0.1) is 23.0 Å². The lowest BCUT2D eigenvalue weighted by Gasteiger charge is -2.18. The smallest absolute Gasteiger partial charge is 0.316 e. The summed E-state index contributed by atoms with van der Waals surface area (Å²) in [6, 6.07) is 15.5. The van der Waals surface area contributed by atoms with Crippen molar-refractivity contribution in [3.63, 3.8) is 0 Å². The SMILES string of the molecule is Cc1cc(OC(=O)[C@@H]2CC(=O)N(c3ccc(Br)cc3)C2)ccc1N1C(=O)c2cccc([N+](=O)[O-])c2C1=O. The molecule has 0 N–H and O–H groups in total. The van der Waals surface area contributed by atoms with Crippen molar-refractivity contribution in [1.82, 2.24) is 0 Å². The van der Waals surface area contributed by atoms with E-state index in [1.807, 2.05) is 12.1 Å². The van der Waals surface area contributed by atoms with Crippen LogP contribution in [0.25, 0.3) is 0 Å². The summed E-state index contributed by atoms with van der Waals surface area (Å²) in [5.41, 5.74) is 0.609. The summed E-state index contributed by atoms with van der Waals surface area (Å²) in [5.74, 6) is -2.70. The Balaban J connectivity index is 1.32. The molecule has 0 saturated carbocycles. The second kappa shape index (κ2) is 9.25. The molecule has 37 heavy (non-hydrogen) atoms. The van der Waals surface area contributed by atoms with E-state index >= 15 is 0 Å². The molecule has 3 aromatic carbocycles. The van der Waals surface area contributed by atoms with Crippen molar-refractivity contribution in [1.29, 1.82) is 0 Å². The van der Waals surface area contributed by atoms with Gasteiger partial charge in [-0.15, -0.1) is 0 Å². The molecule has 11 heteroatoms. The molecule has 2 heterocycles. The first kappa shape index (κ1) is 24.3. The van der Waals surface area contributed by atoms with Crippen molar-refractivity contribution in [2.45, 2.75) is 13.3 Å². The van der Waals surface area contributed by atoms with Crippen molar-refractivity contribution >= 4 is 56.7 Å². The Morgan fingerprint density at radius 3 is 2.46 bits per heavy atom. The molecule has 1 atom stereocenters. The normalized spacial score (nSPS) is 16.8. The highest BCUT2D eigenvalue weighted by atomic mass is 79.9. The Labute approximate surface area is 218 Å². The van der Waals surface area contributed by atoms with E-state index in [2.05, 4.69) is 15.9 Å². The zero-order valence-corrected chi connectivity index (χ0v) is 20.9. The first-order valence-corrected chi connectivity index (χ1v) is 12.0. The minimum absolute atomic E-state index is 0.0137. The summed E-state index contributed by atoms with van der Waals surface area (Å²) in [5, 5.41) is 11.4. The van der Waals surface area contributed by atoms with E-state index in [1.54, 1.807) is 19.1 Å². The summed E-state index contributed by atoms with van der Waals surface area (Å²) in [6.45, 7) is 1.81. The number of carbonyl (C=O) groups is 4. The highest BCUT2D eigenvalue weighted by molar-refractivity contribution is 9.10. The molecule has 0 aromatic heterocycles. The van der Waals surface area contributed by atoms with Crippen molar-refractivity contribution in [2.24, 2.45) is 5.92 Å². The fourth-order valence-corrected chi connectivity index (χ4v) is 4.78. The van der Waals surface area contributed by atoms with Gasteiger partial charge >= 0.3 is 5.97 Å². The van der Waals surface area contributed by atoms with Gasteiger partial charge in [-0.1, -0.05) is 22.0 Å². The predicted octanol–water partition coefficient (Wildman–Crippen LogP) is 4.42. The van der Waals surface area contributed by atoms with Crippen LogP contribution in [0.2, 0.25) is 0 Å². The molecule has 0 spiro atoms. The van der Waals surface area contributed by atoms with Gasteiger partial charge in [0.1, 0.15) is 11.3 Å². The van der Waals surface area contributed by atoms with Gasteiger partial charge in [-0.05, 0) is 61.0 Å². The Morgan fingerprint density at radius 1 is 1.05 bits per heavy atom. The zero-order valence-electron chi connectivity index (χ0n) is 19.3. The molecule has 3 amide bonds. The summed E-state index contributed by atoms with van der Waals surface area (Å²) in [6.07, 6.45) is 0.0137. The molecular weight excluding hydrogens is 546 g/mol. The van der Waals surface area contributed by atoms with Gasteiger partial charge in [0, 0.05) is 29.2 Å². The van der Waals surface area contributed by atoms with Gasteiger partial charge < -0.3 is 9.64 Å². The number of aryl methyl sites for hydroxylation is 1. The number of anilines is 2. The van der Waals surface area contributed by atoms with E-state index in [0.29, 0.717) is 11.3 Å². The lowest BCUT2D eigenvalue weighted by molar-refractivity contribution is -0.385. The number of esters is 1. The number of nitrogens with zero attached hydrogens (tertiary/aromatic N) is 3. The molecule has 3 aromatic rings. The minimum Gasteiger partial charge on any atom is -0.426 e. The monoisotopic (exact) mass is 563 g/mol. The van der Waals surface area contributed by atoms with Gasteiger partial charge in [0.15, 0.2) is 0 Å². The van der Waals surface area contributed by atoms with Crippen LogP contribution < -0.4 is 14.5 Å². The molecule has 186 valence electrons. The molecule has 2 aliphatic heterocycles. The molecule has 0 radical (unpaired) electrons. The first-order chi connectivity index (χ1) is 17.7. The first-order valence-electron chi connectivity index (χ1n) is 11.2. The maximum atomic E-state index is 13.0. The van der Waals surface area contributed by atoms with Crippen LogP contribution >= 0.6 is 15.9 Å². The molecule has 0 unspecified atom stereocenters. The van der Waals surface area contributed by atoms with Crippen LogP contribution in [0.5, 0.6) is 5.75 Å². The van der Waals surface area contributed by atoms with E-state index in [0.717, 1.165) is 9.37 Å². The Kier molecular flexibility index (Phi) is 6.08. The summed E-state index contributed by atoms with van der Waals surface area (Å²) in [7, 11) is 0. The summed E-state index contributed by atoms with van der Waals surface area (Å²) >= 11 is 3.35. The minimum atomic E-state index is -0.794. The van der Waals surface area contributed by atoms with Crippen molar-refractivity contribution in [3.8, 4) is 5.75 Å². The molecule has 1 saturated heterocycles. The Hall–Kier alpha value is -4.38. The number of ether oxygens (including phenoxy) is 1. The number of imide groups is 1. The number of rotatable bonds is 5. The fraction of sp³-hybridized carbons (Fsp3) is 0.154. The number of fused-ring (bicyclic) bond motifs is 1. The lowest BCUT2D eigenvalue weighted by atomic mass is 10.1. The topological polar surface area (TPSA) is 127 Å². The third kappa shape index (κ3) is 4.27. The van der Waals surface area contributed by atoms with E-state index < -0.39 is 34.3 Å². The zero-order chi connectivity index (χ0) is 26.4. The number of benzene rings is 3. The lowest BCUT2D eigenvalue weighted by Crippen LogP contribution is -2.30. The van der Waals surface area contributed by atoms with Crippen LogP contribution in [0.15, 0.2) is 65.1 Å². The second-order valence-corrected chi connectivity index (χ2v) is 9.57. The fourth-order valence-electron chi connectivity index (χ4n) is 4.52. The van der Waals surface area contributed by atoms with E-state index in [4.69, 9.17) is 4.74 Å². The molecule has 0 bridgehead atoms. The highest BCUT2D eigenvalue weighted by Crippen LogP contribution is 2.36. The summed E-state index contributed by atoms with van der Waals surface area (Å²) in [4.78, 5) is 64.3. The van der Waals surface area contributed by atoms with Crippen LogP contribution in [0.4, 0.5) is 17.1 Å². The molecular formula is C26H18BrN3O7. The molecule has 1 fully saturated rings. The Morgan fingerprint density at radius 2 is 1.78 bits per heavy atom. The number of amides is 3. The molecule has 5 rings (SSSR count). The van der Waals surface area contributed by atoms with E-state index in [9.17, 15) is 29.3 Å². The van der Waals surface area contributed by atoms with Crippen molar-refractivity contribution in [2.75, 3.05) is 16.3 Å². The van der Waals surface area contributed by atoms with Crippen LogP contribution in [-0.4, -0.2) is 35.2 Å². The van der Waals surface area contributed by atoms with Crippen LogP contribution in [0.1, 0.15) is 32.7 Å². The maximum absolute atomic E-state index is 13.0. The Bertz CT molecular complexity index is 1500. The number of hydrogen-bond acceptors (Lipinski definition) is 7. The average Bonchev–Trinajstić information content (AvgIpc) is 3.37. The van der Waals surface area contributed by atoms with Crippen LogP contribution in [0.3, 0.4) is 0 Å². The van der Waals surface area contributed by atoms with Crippen molar-refractivity contribution in [3.05, 3.63) is 91.9 Å². The van der Waals surface area contributed by atoms with Gasteiger partial charge in [-0.2, -0.15) is 0 Å². The standard InChI is InChI=1S/C26H18BrN3O7/c1-14-11-18(37-26(34)15-12-22(31)28(13-15)17-7-5-16(27)6-8-17)9-10-20(14)29-24(32)19-3-2-4-21(30(35)36)23(19)25(29)33/h2-11,15H,12-13H2,1H3/t15-/m1/s1. The highest BCUT2D eigenvalue weighted by Gasteiger charge is 2.42. The second-order valence-electron chi connectivity index (χ2n) is 8.65. The maximum Gasteiger partial charge on any atom is 0.316 e. The molecule has 10 nitrogen and oxygen atoms in total. The largest absolute Gasteiger partial charge is 0.426 e. The van der Waals surface area contributed by atoms with Crippen molar-refractivity contribution < 1.29 is 28.8 Å². The average molecular weight is 564 g/mol. The number of carbonyl (C=O) groups excluding carboxylic acids is 4.